The van der Waals surface area contributed by atoms with Gasteiger partial charge in [-0.25, -0.2) is 0 Å². The normalized spacial score (nSPS) is 15.9. The van der Waals surface area contributed by atoms with E-state index in [-0.39, 0.29) is 6.42 Å². The molecule has 0 fully saturated rings. The van der Waals surface area contributed by atoms with E-state index in [1.807, 2.05) is 0 Å². The van der Waals surface area contributed by atoms with Crippen LogP contribution in [0.1, 0.15) is 12.0 Å². The maximum Gasteiger partial charge on any atom is 0.320 e. The Hall–Kier alpha value is -1.27. The van der Waals surface area contributed by atoms with Gasteiger partial charge in [-0.15, -0.1) is 0 Å². The molecule has 0 aliphatic carbocycles. The second-order valence-electron chi connectivity index (χ2n) is 4.09. The van der Waals surface area contributed by atoms with Crippen LogP contribution in [0.2, 0.25) is 0 Å². The number of benzene rings is 1. The molecular formula is C12H14BrNO4. The van der Waals surface area contributed by atoms with Gasteiger partial charge in [-0.05, 0) is 24.1 Å². The molecule has 1 aliphatic rings. The Morgan fingerprint density at radius 1 is 1.39 bits per heavy atom. The highest BCUT2D eigenvalue weighted by molar-refractivity contribution is 9.10. The standard InChI is InChI=1S/C12H14BrNO4/c13-8-6-11-10(17-2-1-3-18-11)5-7(8)4-9(14)12(15)16/h5-6,9H,1-4,14H2,(H,15,16). The van der Waals surface area contributed by atoms with E-state index in [9.17, 15) is 4.79 Å². The summed E-state index contributed by atoms with van der Waals surface area (Å²) in [6.45, 7) is 1.21. The quantitative estimate of drug-likeness (QED) is 0.884. The lowest BCUT2D eigenvalue weighted by Gasteiger charge is -2.13. The fourth-order valence-electron chi connectivity index (χ4n) is 1.71. The molecule has 18 heavy (non-hydrogen) atoms. The van der Waals surface area contributed by atoms with E-state index in [1.165, 1.54) is 0 Å². The molecule has 1 aromatic carbocycles. The Morgan fingerprint density at radius 2 is 2.00 bits per heavy atom. The Bertz CT molecular complexity index is 464. The fraction of sp³-hybridized carbons (Fsp3) is 0.417. The lowest BCUT2D eigenvalue weighted by molar-refractivity contribution is -0.138. The van der Waals surface area contributed by atoms with Gasteiger partial charge in [-0.3, -0.25) is 4.79 Å². The van der Waals surface area contributed by atoms with Crippen LogP contribution in [0.5, 0.6) is 11.5 Å². The number of nitrogens with two attached hydrogens (primary N) is 1. The minimum absolute atomic E-state index is 0.243. The number of rotatable bonds is 3. The minimum atomic E-state index is -1.02. The molecule has 0 saturated carbocycles. The van der Waals surface area contributed by atoms with E-state index in [2.05, 4.69) is 15.9 Å². The molecular weight excluding hydrogens is 302 g/mol. The summed E-state index contributed by atoms with van der Waals surface area (Å²) in [4.78, 5) is 10.8. The molecule has 1 aromatic rings. The topological polar surface area (TPSA) is 81.8 Å². The number of carbonyl (C=O) groups is 1. The van der Waals surface area contributed by atoms with Crippen molar-refractivity contribution in [2.75, 3.05) is 13.2 Å². The van der Waals surface area contributed by atoms with Crippen molar-refractivity contribution in [1.29, 1.82) is 0 Å². The zero-order valence-electron chi connectivity index (χ0n) is 9.69. The molecule has 0 spiro atoms. The van der Waals surface area contributed by atoms with Crippen LogP contribution in [0.4, 0.5) is 0 Å². The van der Waals surface area contributed by atoms with Crippen LogP contribution in [0, 0.1) is 0 Å². The third kappa shape index (κ3) is 2.94. The largest absolute Gasteiger partial charge is 0.490 e. The summed E-state index contributed by atoms with van der Waals surface area (Å²) in [5.74, 6) is 0.296. The summed E-state index contributed by atoms with van der Waals surface area (Å²) in [7, 11) is 0. The zero-order chi connectivity index (χ0) is 13.1. The summed E-state index contributed by atoms with van der Waals surface area (Å²) in [6.07, 6.45) is 1.07. The van der Waals surface area contributed by atoms with Gasteiger partial charge in [0.15, 0.2) is 11.5 Å². The monoisotopic (exact) mass is 315 g/mol. The molecule has 1 heterocycles. The van der Waals surface area contributed by atoms with Crippen LogP contribution in [0.3, 0.4) is 0 Å². The maximum absolute atomic E-state index is 10.8. The highest BCUT2D eigenvalue weighted by Crippen LogP contribution is 2.35. The third-order valence-electron chi connectivity index (χ3n) is 2.67. The van der Waals surface area contributed by atoms with E-state index < -0.39 is 12.0 Å². The first kappa shape index (κ1) is 13.2. The Balaban J connectivity index is 2.26. The van der Waals surface area contributed by atoms with Crippen LogP contribution in [-0.4, -0.2) is 30.3 Å². The van der Waals surface area contributed by atoms with Crippen LogP contribution in [-0.2, 0) is 11.2 Å². The number of hydrogen-bond donors (Lipinski definition) is 2. The molecule has 1 unspecified atom stereocenters. The smallest absolute Gasteiger partial charge is 0.320 e. The van der Waals surface area contributed by atoms with E-state index in [4.69, 9.17) is 20.3 Å². The van der Waals surface area contributed by atoms with E-state index in [0.29, 0.717) is 24.7 Å². The second kappa shape index (κ2) is 5.58. The highest BCUT2D eigenvalue weighted by Gasteiger charge is 2.18. The Kier molecular flexibility index (Phi) is 4.08. The van der Waals surface area contributed by atoms with E-state index in [1.54, 1.807) is 12.1 Å². The molecule has 6 heteroatoms. The van der Waals surface area contributed by atoms with Gasteiger partial charge in [-0.1, -0.05) is 15.9 Å². The maximum atomic E-state index is 10.8. The summed E-state index contributed by atoms with van der Waals surface area (Å²) in [5.41, 5.74) is 6.33. The summed E-state index contributed by atoms with van der Waals surface area (Å²) < 4.78 is 11.9. The lowest BCUT2D eigenvalue weighted by atomic mass is 10.1. The van der Waals surface area contributed by atoms with Crippen molar-refractivity contribution in [3.05, 3.63) is 22.2 Å². The molecule has 0 amide bonds. The highest BCUT2D eigenvalue weighted by atomic mass is 79.9. The van der Waals surface area contributed by atoms with Crippen molar-refractivity contribution in [3.63, 3.8) is 0 Å². The first-order valence-corrected chi connectivity index (χ1v) is 6.43. The van der Waals surface area contributed by atoms with E-state index >= 15 is 0 Å². The molecule has 5 nitrogen and oxygen atoms in total. The van der Waals surface area contributed by atoms with Gasteiger partial charge >= 0.3 is 5.97 Å². The molecule has 0 aromatic heterocycles. The zero-order valence-corrected chi connectivity index (χ0v) is 11.3. The molecule has 3 N–H and O–H groups in total. The van der Waals surface area contributed by atoms with Crippen molar-refractivity contribution in [1.82, 2.24) is 0 Å². The van der Waals surface area contributed by atoms with Gasteiger partial charge in [0.1, 0.15) is 6.04 Å². The van der Waals surface area contributed by atoms with Crippen LogP contribution >= 0.6 is 15.9 Å². The molecule has 2 rings (SSSR count). The SMILES string of the molecule is NC(Cc1cc2c(cc1Br)OCCCO2)C(=O)O. The number of carboxylic acids is 1. The number of fused-ring (bicyclic) bond motifs is 1. The third-order valence-corrected chi connectivity index (χ3v) is 3.41. The van der Waals surface area contributed by atoms with Crippen LogP contribution in [0.15, 0.2) is 16.6 Å². The number of aliphatic carboxylic acids is 1. The van der Waals surface area contributed by atoms with Gasteiger partial charge in [0.25, 0.3) is 0 Å². The number of halogens is 1. The predicted octanol–water partition coefficient (Wildman–Crippen LogP) is 1.56. The summed E-state index contributed by atoms with van der Waals surface area (Å²) in [5, 5.41) is 8.82. The second-order valence-corrected chi connectivity index (χ2v) is 4.94. The first-order valence-electron chi connectivity index (χ1n) is 5.64. The lowest BCUT2D eigenvalue weighted by Crippen LogP contribution is -2.32. The van der Waals surface area contributed by atoms with Crippen molar-refractivity contribution in [2.45, 2.75) is 18.9 Å². The molecule has 0 radical (unpaired) electrons. The van der Waals surface area contributed by atoms with Crippen LogP contribution in [0.25, 0.3) is 0 Å². The molecule has 1 atom stereocenters. The van der Waals surface area contributed by atoms with Gasteiger partial charge in [0, 0.05) is 10.9 Å². The number of carboxylic acid groups (broad SMARTS) is 1. The average Bonchev–Trinajstić information content (AvgIpc) is 2.54. The minimum Gasteiger partial charge on any atom is -0.490 e. The first-order chi connectivity index (χ1) is 8.58. The van der Waals surface area contributed by atoms with Gasteiger partial charge < -0.3 is 20.3 Å². The van der Waals surface area contributed by atoms with Crippen molar-refractivity contribution < 1.29 is 19.4 Å². The van der Waals surface area contributed by atoms with Crippen LogP contribution < -0.4 is 15.2 Å². The van der Waals surface area contributed by atoms with Gasteiger partial charge in [0.2, 0.25) is 0 Å². The van der Waals surface area contributed by atoms with Gasteiger partial charge in [-0.2, -0.15) is 0 Å². The fourth-order valence-corrected chi connectivity index (χ4v) is 2.19. The predicted molar refractivity (Wildman–Crippen MR) is 69.1 cm³/mol. The summed E-state index contributed by atoms with van der Waals surface area (Å²) >= 11 is 3.39. The molecule has 98 valence electrons. The number of ether oxygens (including phenoxy) is 2. The Labute approximate surface area is 113 Å². The number of hydrogen-bond acceptors (Lipinski definition) is 4. The van der Waals surface area contributed by atoms with Crippen molar-refractivity contribution in [2.24, 2.45) is 5.73 Å². The Morgan fingerprint density at radius 3 is 2.61 bits per heavy atom. The molecule has 1 aliphatic heterocycles. The average molecular weight is 316 g/mol. The van der Waals surface area contributed by atoms with E-state index in [0.717, 1.165) is 16.5 Å². The van der Waals surface area contributed by atoms with Crippen molar-refractivity contribution in [3.8, 4) is 11.5 Å². The van der Waals surface area contributed by atoms with Crippen molar-refractivity contribution >= 4 is 21.9 Å². The summed E-state index contributed by atoms with van der Waals surface area (Å²) in [6, 6.07) is 2.66. The van der Waals surface area contributed by atoms with Gasteiger partial charge in [0.05, 0.1) is 13.2 Å². The molecule has 0 bridgehead atoms. The molecule has 0 saturated heterocycles.